The predicted molar refractivity (Wildman–Crippen MR) is 102 cm³/mol. The van der Waals surface area contributed by atoms with Gasteiger partial charge in [-0.1, -0.05) is 13.8 Å². The van der Waals surface area contributed by atoms with Crippen molar-refractivity contribution in [2.24, 2.45) is 11.8 Å². The zero-order valence-electron chi connectivity index (χ0n) is 17.0. The number of carbonyl (C=O) groups excluding carboxylic acids is 1. The van der Waals surface area contributed by atoms with Crippen molar-refractivity contribution in [2.45, 2.75) is 45.3 Å². The molecule has 0 radical (unpaired) electrons. The van der Waals surface area contributed by atoms with E-state index in [0.29, 0.717) is 11.8 Å². The first-order valence-corrected chi connectivity index (χ1v) is 9.70. The molecular formula is C21H31NO5. The first-order valence-electron chi connectivity index (χ1n) is 9.70. The van der Waals surface area contributed by atoms with E-state index >= 15 is 0 Å². The lowest BCUT2D eigenvalue weighted by Crippen LogP contribution is -2.49. The molecule has 3 rings (SSSR count). The molecule has 0 spiro atoms. The second-order valence-electron chi connectivity index (χ2n) is 7.90. The molecule has 0 aliphatic carbocycles. The van der Waals surface area contributed by atoms with Crippen LogP contribution in [0.15, 0.2) is 12.1 Å². The van der Waals surface area contributed by atoms with E-state index in [1.807, 2.05) is 0 Å². The molecule has 1 saturated heterocycles. The summed E-state index contributed by atoms with van der Waals surface area (Å²) in [4.78, 5) is 14.3. The van der Waals surface area contributed by atoms with Gasteiger partial charge in [0.25, 0.3) is 0 Å². The standard InChI is InChI=1S/C21H31NO5/c1-13(2)8-15-12-22-7-6-14-9-19(24-3)20(25-4)10-16(14)17(22)11-18(15)27-21(23)26-5/h9-10,13,15,17-18H,6-8,11-12H2,1-5H3. The van der Waals surface area contributed by atoms with Crippen molar-refractivity contribution in [2.75, 3.05) is 34.4 Å². The Hall–Kier alpha value is -1.95. The van der Waals surface area contributed by atoms with Crippen molar-refractivity contribution in [3.8, 4) is 11.5 Å². The van der Waals surface area contributed by atoms with E-state index in [2.05, 4.69) is 30.9 Å². The SMILES string of the molecule is COC(=O)OC1CC2c3cc(OC)c(OC)cc3CCN2CC1CC(C)C. The Labute approximate surface area is 161 Å². The summed E-state index contributed by atoms with van der Waals surface area (Å²) in [5.41, 5.74) is 2.54. The fourth-order valence-electron chi connectivity index (χ4n) is 4.55. The van der Waals surface area contributed by atoms with Gasteiger partial charge < -0.3 is 18.9 Å². The van der Waals surface area contributed by atoms with Crippen LogP contribution in [0.1, 0.15) is 43.9 Å². The topological polar surface area (TPSA) is 57.2 Å². The molecular weight excluding hydrogens is 346 g/mol. The Kier molecular flexibility index (Phi) is 6.15. The molecule has 3 atom stereocenters. The number of methoxy groups -OCH3 is 3. The molecule has 6 nitrogen and oxygen atoms in total. The molecule has 27 heavy (non-hydrogen) atoms. The fourth-order valence-corrected chi connectivity index (χ4v) is 4.55. The van der Waals surface area contributed by atoms with Crippen LogP contribution in [0.25, 0.3) is 0 Å². The summed E-state index contributed by atoms with van der Waals surface area (Å²) in [6, 6.07) is 4.39. The maximum Gasteiger partial charge on any atom is 0.508 e. The van der Waals surface area contributed by atoms with Crippen LogP contribution in [0.2, 0.25) is 0 Å². The molecule has 0 bridgehead atoms. The largest absolute Gasteiger partial charge is 0.508 e. The number of piperidine rings is 1. The van der Waals surface area contributed by atoms with Crippen LogP contribution in [-0.2, 0) is 15.9 Å². The van der Waals surface area contributed by atoms with Gasteiger partial charge in [0.05, 0.1) is 21.3 Å². The fraction of sp³-hybridized carbons (Fsp3) is 0.667. The Bertz CT molecular complexity index is 675. The molecule has 1 aromatic carbocycles. The van der Waals surface area contributed by atoms with Crippen LogP contribution in [0.3, 0.4) is 0 Å². The van der Waals surface area contributed by atoms with Gasteiger partial charge in [-0.2, -0.15) is 0 Å². The van der Waals surface area contributed by atoms with Crippen LogP contribution in [-0.4, -0.2) is 51.6 Å². The minimum atomic E-state index is -0.592. The third-order valence-electron chi connectivity index (χ3n) is 5.75. The van der Waals surface area contributed by atoms with Gasteiger partial charge in [0.15, 0.2) is 11.5 Å². The van der Waals surface area contributed by atoms with E-state index in [9.17, 15) is 4.79 Å². The normalized spacial score (nSPS) is 24.7. The van der Waals surface area contributed by atoms with Crippen molar-refractivity contribution >= 4 is 6.16 Å². The molecule has 1 fully saturated rings. The summed E-state index contributed by atoms with van der Waals surface area (Å²) in [6.45, 7) is 6.36. The molecule has 0 N–H and O–H groups in total. The van der Waals surface area contributed by atoms with E-state index in [0.717, 1.165) is 43.9 Å². The lowest BCUT2D eigenvalue weighted by Gasteiger charge is -2.47. The van der Waals surface area contributed by atoms with Gasteiger partial charge in [0, 0.05) is 31.5 Å². The van der Waals surface area contributed by atoms with Gasteiger partial charge >= 0.3 is 6.16 Å². The number of hydrogen-bond donors (Lipinski definition) is 0. The monoisotopic (exact) mass is 377 g/mol. The summed E-state index contributed by atoms with van der Waals surface area (Å²) in [5.74, 6) is 2.38. The summed E-state index contributed by atoms with van der Waals surface area (Å²) in [5, 5.41) is 0. The van der Waals surface area contributed by atoms with E-state index < -0.39 is 6.16 Å². The molecule has 2 aliphatic heterocycles. The highest BCUT2D eigenvalue weighted by Crippen LogP contribution is 2.44. The highest BCUT2D eigenvalue weighted by atomic mass is 16.7. The van der Waals surface area contributed by atoms with Crippen LogP contribution in [0, 0.1) is 11.8 Å². The van der Waals surface area contributed by atoms with E-state index in [1.165, 1.54) is 18.2 Å². The van der Waals surface area contributed by atoms with Gasteiger partial charge in [-0.15, -0.1) is 0 Å². The second-order valence-corrected chi connectivity index (χ2v) is 7.90. The van der Waals surface area contributed by atoms with Gasteiger partial charge in [-0.3, -0.25) is 4.90 Å². The number of ether oxygens (including phenoxy) is 4. The summed E-state index contributed by atoms with van der Waals surface area (Å²) < 4.78 is 21.4. The van der Waals surface area contributed by atoms with Crippen molar-refractivity contribution in [3.05, 3.63) is 23.3 Å². The first kappa shape index (κ1) is 19.8. The third-order valence-corrected chi connectivity index (χ3v) is 5.75. The smallest absolute Gasteiger partial charge is 0.493 e. The molecule has 1 aromatic rings. The lowest BCUT2D eigenvalue weighted by atomic mass is 9.79. The van der Waals surface area contributed by atoms with Crippen molar-refractivity contribution in [1.82, 2.24) is 4.90 Å². The first-order chi connectivity index (χ1) is 13.0. The predicted octanol–water partition coefficient (Wildman–Crippen LogP) is 3.82. The van der Waals surface area contributed by atoms with Gasteiger partial charge in [-0.05, 0) is 42.0 Å². The molecule has 0 amide bonds. The van der Waals surface area contributed by atoms with Crippen LogP contribution in [0.4, 0.5) is 4.79 Å². The minimum absolute atomic E-state index is 0.139. The Morgan fingerprint density at radius 1 is 1.19 bits per heavy atom. The summed E-state index contributed by atoms with van der Waals surface area (Å²) in [6.07, 6.45) is 2.06. The number of benzene rings is 1. The number of hydrogen-bond acceptors (Lipinski definition) is 6. The van der Waals surface area contributed by atoms with E-state index in [-0.39, 0.29) is 12.1 Å². The Morgan fingerprint density at radius 2 is 1.89 bits per heavy atom. The molecule has 2 heterocycles. The highest BCUT2D eigenvalue weighted by Gasteiger charge is 2.41. The van der Waals surface area contributed by atoms with Crippen molar-refractivity contribution in [3.63, 3.8) is 0 Å². The second kappa shape index (κ2) is 8.38. The quantitative estimate of drug-likeness (QED) is 0.727. The molecule has 2 aliphatic rings. The van der Waals surface area contributed by atoms with E-state index in [4.69, 9.17) is 18.9 Å². The van der Waals surface area contributed by atoms with Crippen LogP contribution >= 0.6 is 0 Å². The molecule has 150 valence electrons. The lowest BCUT2D eigenvalue weighted by molar-refractivity contribution is -0.0493. The highest BCUT2D eigenvalue weighted by molar-refractivity contribution is 5.60. The maximum absolute atomic E-state index is 11.8. The van der Waals surface area contributed by atoms with Crippen molar-refractivity contribution < 1.29 is 23.7 Å². The molecule has 0 saturated carbocycles. The van der Waals surface area contributed by atoms with Gasteiger partial charge in [0.1, 0.15) is 6.10 Å². The Morgan fingerprint density at radius 3 is 2.52 bits per heavy atom. The number of fused-ring (bicyclic) bond motifs is 3. The van der Waals surface area contributed by atoms with Crippen LogP contribution < -0.4 is 9.47 Å². The number of rotatable bonds is 5. The molecule has 6 heteroatoms. The minimum Gasteiger partial charge on any atom is -0.493 e. The average Bonchev–Trinajstić information content (AvgIpc) is 2.66. The van der Waals surface area contributed by atoms with Gasteiger partial charge in [-0.25, -0.2) is 4.79 Å². The Balaban J connectivity index is 1.90. The third kappa shape index (κ3) is 4.15. The molecule has 3 unspecified atom stereocenters. The number of carbonyl (C=O) groups is 1. The zero-order valence-corrected chi connectivity index (χ0v) is 17.0. The summed E-state index contributed by atoms with van der Waals surface area (Å²) >= 11 is 0. The van der Waals surface area contributed by atoms with Crippen molar-refractivity contribution in [1.29, 1.82) is 0 Å². The summed E-state index contributed by atoms with van der Waals surface area (Å²) in [7, 11) is 4.69. The zero-order chi connectivity index (χ0) is 19.6. The maximum atomic E-state index is 11.8. The number of nitrogens with zero attached hydrogens (tertiary/aromatic N) is 1. The van der Waals surface area contributed by atoms with Crippen LogP contribution in [0.5, 0.6) is 11.5 Å². The van der Waals surface area contributed by atoms with Gasteiger partial charge in [0.2, 0.25) is 0 Å². The average molecular weight is 377 g/mol. The molecule has 0 aromatic heterocycles. The van der Waals surface area contributed by atoms with E-state index in [1.54, 1.807) is 14.2 Å².